The van der Waals surface area contributed by atoms with Crippen molar-refractivity contribution in [3.8, 4) is 0 Å². The molecule has 2 unspecified atom stereocenters. The van der Waals surface area contributed by atoms with Gasteiger partial charge in [-0.05, 0) is 5.56 Å². The quantitative estimate of drug-likeness (QED) is 0.818. The topological polar surface area (TPSA) is 61.6 Å². The van der Waals surface area contributed by atoms with Crippen LogP contribution in [0.3, 0.4) is 0 Å². The van der Waals surface area contributed by atoms with Crippen LogP contribution in [0.1, 0.15) is 18.0 Å². The third-order valence-corrected chi connectivity index (χ3v) is 4.45. The van der Waals surface area contributed by atoms with Crippen LogP contribution in [0.15, 0.2) is 30.3 Å². The van der Waals surface area contributed by atoms with E-state index in [1.807, 2.05) is 23.1 Å². The zero-order chi connectivity index (χ0) is 14.8. The van der Waals surface area contributed by atoms with Gasteiger partial charge in [-0.1, -0.05) is 42.5 Å². The number of nitrogens with two attached hydrogens (primary N) is 1. The largest absolute Gasteiger partial charge is 0.393 e. The summed E-state index contributed by atoms with van der Waals surface area (Å²) in [4.78, 5) is 16.6. The van der Waals surface area contributed by atoms with Crippen LogP contribution in [-0.4, -0.2) is 53.0 Å². The Bertz CT molecular complexity index is 536. The lowest BCUT2D eigenvalue weighted by Gasteiger charge is -2.41. The summed E-state index contributed by atoms with van der Waals surface area (Å²) in [7, 11) is 0. The highest BCUT2D eigenvalue weighted by Gasteiger charge is 2.37. The average Bonchev–Trinajstić information content (AvgIpc) is 2.86. The number of carbonyl (C=O) groups is 1. The van der Waals surface area contributed by atoms with E-state index < -0.39 is 0 Å². The maximum atomic E-state index is 11.7. The molecule has 1 aromatic carbocycles. The molecule has 2 heterocycles. The van der Waals surface area contributed by atoms with Crippen molar-refractivity contribution in [3.05, 3.63) is 35.9 Å². The van der Waals surface area contributed by atoms with Crippen LogP contribution in [-0.2, 0) is 0 Å². The molecule has 2 atom stereocenters. The van der Waals surface area contributed by atoms with Gasteiger partial charge in [0.05, 0.1) is 11.0 Å². The monoisotopic (exact) mass is 304 g/mol. The summed E-state index contributed by atoms with van der Waals surface area (Å²) in [5, 5.41) is 2.91. The Morgan fingerprint density at radius 2 is 2.14 bits per heavy atom. The van der Waals surface area contributed by atoms with Gasteiger partial charge in [0.1, 0.15) is 0 Å². The molecule has 2 saturated heterocycles. The van der Waals surface area contributed by atoms with Gasteiger partial charge in [-0.15, -0.1) is 0 Å². The molecule has 0 saturated carbocycles. The average molecular weight is 304 g/mol. The normalized spacial score (nSPS) is 23.5. The summed E-state index contributed by atoms with van der Waals surface area (Å²) in [6, 6.07) is 10.8. The number of hydrogen-bond acceptors (Lipinski definition) is 3. The second-order valence-corrected chi connectivity index (χ2v) is 6.15. The number of benzene rings is 1. The molecule has 0 bridgehead atoms. The standard InChI is InChI=1S/C15H20N4OS/c16-14(21)8-13(11-4-2-1-3-5-11)18-6-7-19-12(10-18)9-17-15(19)20/h1-5,12-13H,6-10H2,(H2,16,21)(H,17,20). The van der Waals surface area contributed by atoms with Gasteiger partial charge in [-0.2, -0.15) is 0 Å². The number of thiocarbonyl (C=S) groups is 1. The fraction of sp³-hybridized carbons (Fsp3) is 0.467. The number of nitrogens with one attached hydrogen (secondary N) is 1. The van der Waals surface area contributed by atoms with E-state index in [1.165, 1.54) is 5.56 Å². The van der Waals surface area contributed by atoms with E-state index in [0.717, 1.165) is 26.2 Å². The minimum Gasteiger partial charge on any atom is -0.393 e. The van der Waals surface area contributed by atoms with Crippen molar-refractivity contribution in [1.82, 2.24) is 15.1 Å². The summed E-state index contributed by atoms with van der Waals surface area (Å²) < 4.78 is 0. The molecular weight excluding hydrogens is 284 g/mol. The lowest BCUT2D eigenvalue weighted by atomic mass is 10.00. The van der Waals surface area contributed by atoms with E-state index in [0.29, 0.717) is 11.4 Å². The van der Waals surface area contributed by atoms with E-state index in [9.17, 15) is 4.79 Å². The maximum Gasteiger partial charge on any atom is 0.317 e. The fourth-order valence-corrected chi connectivity index (χ4v) is 3.39. The van der Waals surface area contributed by atoms with Gasteiger partial charge in [-0.25, -0.2) is 4.79 Å². The van der Waals surface area contributed by atoms with Gasteiger partial charge in [0, 0.05) is 38.6 Å². The van der Waals surface area contributed by atoms with Crippen LogP contribution in [0.2, 0.25) is 0 Å². The molecule has 3 rings (SSSR count). The van der Waals surface area contributed by atoms with E-state index in [4.69, 9.17) is 18.0 Å². The Kier molecular flexibility index (Phi) is 4.07. The molecule has 6 heteroatoms. The van der Waals surface area contributed by atoms with Crippen LogP contribution < -0.4 is 11.1 Å². The molecular formula is C15H20N4OS. The number of fused-ring (bicyclic) bond motifs is 1. The van der Waals surface area contributed by atoms with E-state index >= 15 is 0 Å². The van der Waals surface area contributed by atoms with Crippen LogP contribution in [0.5, 0.6) is 0 Å². The number of hydrogen-bond donors (Lipinski definition) is 2. The molecule has 21 heavy (non-hydrogen) atoms. The second kappa shape index (κ2) is 5.99. The Balaban J connectivity index is 1.78. The van der Waals surface area contributed by atoms with E-state index in [1.54, 1.807) is 0 Å². The predicted molar refractivity (Wildman–Crippen MR) is 86.1 cm³/mol. The summed E-state index contributed by atoms with van der Waals surface area (Å²) >= 11 is 5.13. The number of piperazine rings is 1. The van der Waals surface area contributed by atoms with Crippen molar-refractivity contribution < 1.29 is 4.79 Å². The lowest BCUT2D eigenvalue weighted by molar-refractivity contribution is 0.0900. The summed E-state index contributed by atoms with van der Waals surface area (Å²) in [6.07, 6.45) is 0.674. The van der Waals surface area contributed by atoms with E-state index in [-0.39, 0.29) is 18.1 Å². The van der Waals surface area contributed by atoms with Gasteiger partial charge in [0.25, 0.3) is 0 Å². The van der Waals surface area contributed by atoms with Crippen molar-refractivity contribution in [3.63, 3.8) is 0 Å². The highest BCUT2D eigenvalue weighted by atomic mass is 32.1. The molecule has 2 fully saturated rings. The minimum absolute atomic E-state index is 0.0604. The molecule has 0 radical (unpaired) electrons. The van der Waals surface area contributed by atoms with Crippen LogP contribution in [0.4, 0.5) is 4.79 Å². The molecule has 3 N–H and O–H groups in total. The molecule has 2 amide bonds. The first kappa shape index (κ1) is 14.3. The molecule has 112 valence electrons. The summed E-state index contributed by atoms with van der Waals surface area (Å²) in [6.45, 7) is 3.20. The zero-order valence-corrected chi connectivity index (χ0v) is 12.7. The number of nitrogens with zero attached hydrogens (tertiary/aromatic N) is 2. The van der Waals surface area contributed by atoms with Crippen molar-refractivity contribution in [1.29, 1.82) is 0 Å². The Labute approximate surface area is 130 Å². The van der Waals surface area contributed by atoms with Crippen molar-refractivity contribution >= 4 is 23.2 Å². The van der Waals surface area contributed by atoms with Gasteiger partial charge < -0.3 is 16.0 Å². The number of urea groups is 1. The van der Waals surface area contributed by atoms with Gasteiger partial charge in [0.15, 0.2) is 0 Å². The Morgan fingerprint density at radius 3 is 2.86 bits per heavy atom. The van der Waals surface area contributed by atoms with Crippen molar-refractivity contribution in [2.45, 2.75) is 18.5 Å². The van der Waals surface area contributed by atoms with Gasteiger partial charge in [0.2, 0.25) is 0 Å². The summed E-state index contributed by atoms with van der Waals surface area (Å²) in [5.74, 6) is 0. The van der Waals surface area contributed by atoms with E-state index in [2.05, 4.69) is 22.3 Å². The Hall–Kier alpha value is -1.66. The fourth-order valence-electron chi connectivity index (χ4n) is 3.23. The first-order valence-corrected chi connectivity index (χ1v) is 7.68. The van der Waals surface area contributed by atoms with Crippen molar-refractivity contribution in [2.75, 3.05) is 26.2 Å². The SMILES string of the molecule is NC(=S)CC(c1ccccc1)N1CCN2C(=O)NCC2C1. The molecule has 2 aliphatic rings. The maximum absolute atomic E-state index is 11.7. The molecule has 0 aromatic heterocycles. The van der Waals surface area contributed by atoms with Crippen LogP contribution in [0.25, 0.3) is 0 Å². The van der Waals surface area contributed by atoms with Gasteiger partial charge >= 0.3 is 6.03 Å². The van der Waals surface area contributed by atoms with Crippen LogP contribution in [0, 0.1) is 0 Å². The lowest BCUT2D eigenvalue weighted by Crippen LogP contribution is -2.53. The first-order chi connectivity index (χ1) is 10.1. The predicted octanol–water partition coefficient (Wildman–Crippen LogP) is 1.11. The number of amides is 2. The highest BCUT2D eigenvalue weighted by Crippen LogP contribution is 2.28. The smallest absolute Gasteiger partial charge is 0.317 e. The molecule has 0 aliphatic carbocycles. The Morgan fingerprint density at radius 1 is 1.38 bits per heavy atom. The molecule has 0 spiro atoms. The van der Waals surface area contributed by atoms with Crippen LogP contribution >= 0.6 is 12.2 Å². The zero-order valence-electron chi connectivity index (χ0n) is 11.9. The second-order valence-electron chi connectivity index (χ2n) is 5.63. The minimum atomic E-state index is 0.0604. The summed E-state index contributed by atoms with van der Waals surface area (Å²) in [5.41, 5.74) is 7.03. The van der Waals surface area contributed by atoms with Gasteiger partial charge in [-0.3, -0.25) is 4.90 Å². The third-order valence-electron chi connectivity index (χ3n) is 4.28. The first-order valence-electron chi connectivity index (χ1n) is 7.27. The van der Waals surface area contributed by atoms with Crippen molar-refractivity contribution in [2.24, 2.45) is 5.73 Å². The highest BCUT2D eigenvalue weighted by molar-refractivity contribution is 7.80. The molecule has 1 aromatic rings. The molecule has 2 aliphatic heterocycles. The number of carbonyl (C=O) groups excluding carboxylic acids is 1. The number of rotatable bonds is 4. The molecule has 5 nitrogen and oxygen atoms in total. The third kappa shape index (κ3) is 3.01.